The number of benzene rings is 1. The van der Waals surface area contributed by atoms with Crippen LogP contribution in [0.5, 0.6) is 5.75 Å². The number of hydrogen-bond acceptors (Lipinski definition) is 7. The van der Waals surface area contributed by atoms with Crippen LogP contribution in [0.25, 0.3) is 0 Å². The Morgan fingerprint density at radius 1 is 1.07 bits per heavy atom. The van der Waals surface area contributed by atoms with Gasteiger partial charge in [0.25, 0.3) is 5.91 Å². The van der Waals surface area contributed by atoms with Crippen LogP contribution >= 0.6 is 0 Å². The summed E-state index contributed by atoms with van der Waals surface area (Å²) in [5.41, 5.74) is 0.798. The van der Waals surface area contributed by atoms with Crippen molar-refractivity contribution in [3.8, 4) is 5.75 Å². The van der Waals surface area contributed by atoms with Gasteiger partial charge in [0.05, 0.1) is 37.2 Å². The number of rotatable bonds is 14. The number of methoxy groups -OCH3 is 2. The van der Waals surface area contributed by atoms with Gasteiger partial charge in [-0.25, -0.2) is 5.06 Å². The lowest BCUT2D eigenvalue weighted by Gasteiger charge is -2.35. The lowest BCUT2D eigenvalue weighted by molar-refractivity contribution is -0.199. The molecule has 6 atom stereocenters. The van der Waals surface area contributed by atoms with Crippen LogP contribution < -0.4 is 5.32 Å². The summed E-state index contributed by atoms with van der Waals surface area (Å²) in [5, 5.41) is 14.0. The Balaban J connectivity index is 1.71. The maximum atomic E-state index is 13.6. The van der Waals surface area contributed by atoms with Gasteiger partial charge in [0.15, 0.2) is 0 Å². The van der Waals surface area contributed by atoms with Crippen LogP contribution in [0.4, 0.5) is 0 Å². The smallest absolute Gasteiger partial charge is 0.269 e. The molecule has 10 nitrogen and oxygen atoms in total. The average Bonchev–Trinajstić information content (AvgIpc) is 3.47. The zero-order chi connectivity index (χ0) is 29.9. The summed E-state index contributed by atoms with van der Waals surface area (Å²) in [4.78, 5) is 47.9. The zero-order valence-electron chi connectivity index (χ0n) is 25.3. The van der Waals surface area contributed by atoms with E-state index in [2.05, 4.69) is 19.2 Å². The first-order chi connectivity index (χ1) is 19.7. The van der Waals surface area contributed by atoms with Crippen LogP contribution in [-0.2, 0) is 35.1 Å². The van der Waals surface area contributed by atoms with Crippen molar-refractivity contribution in [3.63, 3.8) is 0 Å². The summed E-state index contributed by atoms with van der Waals surface area (Å²) >= 11 is 0. The highest BCUT2D eigenvalue weighted by Crippen LogP contribution is 2.28. The van der Waals surface area contributed by atoms with Crippen molar-refractivity contribution >= 4 is 17.7 Å². The molecule has 0 bridgehead atoms. The maximum Gasteiger partial charge on any atom is 0.269 e. The minimum atomic E-state index is -0.852. The van der Waals surface area contributed by atoms with Crippen LogP contribution in [-0.4, -0.2) is 91.0 Å². The molecule has 0 unspecified atom stereocenters. The Labute approximate surface area is 244 Å². The minimum Gasteiger partial charge on any atom is -0.508 e. The van der Waals surface area contributed by atoms with Crippen molar-refractivity contribution in [1.82, 2.24) is 15.3 Å². The van der Waals surface area contributed by atoms with Crippen molar-refractivity contribution in [2.75, 3.05) is 33.9 Å². The molecule has 0 spiro atoms. The van der Waals surface area contributed by atoms with Gasteiger partial charge in [-0.2, -0.15) is 0 Å². The molecule has 3 amide bonds. The monoisotopic (exact) mass is 575 g/mol. The van der Waals surface area contributed by atoms with E-state index in [1.807, 2.05) is 4.90 Å². The highest BCUT2D eigenvalue weighted by atomic mass is 16.7. The standard InChI is InChI=1S/C31H49N3O7/c1-6-21(2)18-25(39-4)20-28(36)33-15-9-10-27(33)29(40-5)22(3)30(37)32-26(19-23-11-13-24(35)14-12-23)31(38)34-16-7-8-17-41-34/h11-14,21-22,25-27,29,35H,6-10,15-20H2,1-5H3,(H,32,37)/t21-,22+,25-,26-,27-,29+/m0/s1. The first-order valence-electron chi connectivity index (χ1n) is 15.1. The highest BCUT2D eigenvalue weighted by molar-refractivity contribution is 5.88. The first-order valence-corrected chi connectivity index (χ1v) is 15.1. The number of amides is 3. The predicted octanol–water partition coefficient (Wildman–Crippen LogP) is 3.46. The molecular formula is C31H49N3O7. The molecule has 2 aliphatic rings. The SMILES string of the molecule is CC[C@H](C)C[C@@H](CC(=O)N1CCC[C@H]1[C@H](OC)[C@@H](C)C(=O)N[C@@H](Cc1ccc(O)cc1)C(=O)N1CCCCO1)OC. The number of hydrogen-bond donors (Lipinski definition) is 2. The Morgan fingerprint density at radius 2 is 1.80 bits per heavy atom. The fourth-order valence-corrected chi connectivity index (χ4v) is 5.79. The largest absolute Gasteiger partial charge is 0.508 e. The van der Waals surface area contributed by atoms with Gasteiger partial charge in [0.2, 0.25) is 11.8 Å². The number of likely N-dealkylation sites (tertiary alicyclic amines) is 1. The molecular weight excluding hydrogens is 526 g/mol. The molecule has 230 valence electrons. The van der Waals surface area contributed by atoms with Crippen LogP contribution in [0.3, 0.4) is 0 Å². The fourth-order valence-electron chi connectivity index (χ4n) is 5.79. The lowest BCUT2D eigenvalue weighted by atomic mass is 9.93. The Kier molecular flexibility index (Phi) is 12.9. The highest BCUT2D eigenvalue weighted by Gasteiger charge is 2.41. The van der Waals surface area contributed by atoms with Gasteiger partial charge in [0, 0.05) is 33.7 Å². The average molecular weight is 576 g/mol. The number of carbonyl (C=O) groups is 3. The molecule has 1 aromatic rings. The number of aromatic hydroxyl groups is 1. The number of nitrogens with one attached hydrogen (secondary N) is 1. The van der Waals surface area contributed by atoms with Gasteiger partial charge in [-0.1, -0.05) is 39.3 Å². The number of carbonyl (C=O) groups excluding carboxylic acids is 3. The number of phenols is 1. The van der Waals surface area contributed by atoms with Crippen LogP contribution in [0.2, 0.25) is 0 Å². The van der Waals surface area contributed by atoms with Gasteiger partial charge in [-0.15, -0.1) is 0 Å². The third-order valence-corrected chi connectivity index (χ3v) is 8.51. The summed E-state index contributed by atoms with van der Waals surface area (Å²) in [6.07, 6.45) is 5.00. The predicted molar refractivity (Wildman–Crippen MR) is 155 cm³/mol. The third-order valence-electron chi connectivity index (χ3n) is 8.51. The second kappa shape index (κ2) is 16.1. The van der Waals surface area contributed by atoms with E-state index in [9.17, 15) is 19.5 Å². The van der Waals surface area contributed by atoms with E-state index in [1.54, 1.807) is 45.4 Å². The maximum absolute atomic E-state index is 13.6. The van der Waals surface area contributed by atoms with Gasteiger partial charge in [-0.05, 0) is 55.7 Å². The number of phenolic OH excluding ortho intramolecular Hbond substituents is 1. The van der Waals surface area contributed by atoms with Crippen molar-refractivity contribution in [3.05, 3.63) is 29.8 Å². The summed E-state index contributed by atoms with van der Waals surface area (Å²) in [5.74, 6) is -0.642. The Morgan fingerprint density at radius 3 is 2.41 bits per heavy atom. The Bertz CT molecular complexity index is 982. The number of ether oxygens (including phenoxy) is 2. The van der Waals surface area contributed by atoms with Gasteiger partial charge >= 0.3 is 0 Å². The van der Waals surface area contributed by atoms with Crippen molar-refractivity contribution < 1.29 is 33.8 Å². The Hall–Kier alpha value is -2.69. The van der Waals surface area contributed by atoms with Gasteiger partial charge < -0.3 is 24.8 Å². The zero-order valence-corrected chi connectivity index (χ0v) is 25.3. The first kappa shape index (κ1) is 32.8. The molecule has 2 saturated heterocycles. The fraction of sp³-hybridized carbons (Fsp3) is 0.710. The molecule has 2 N–H and O–H groups in total. The summed E-state index contributed by atoms with van der Waals surface area (Å²) in [6, 6.07) is 5.48. The van der Waals surface area contributed by atoms with E-state index in [4.69, 9.17) is 14.3 Å². The summed E-state index contributed by atoms with van der Waals surface area (Å²) < 4.78 is 11.5. The normalized spacial score (nSPS) is 21.1. The lowest BCUT2D eigenvalue weighted by Crippen LogP contribution is -2.55. The molecule has 2 aliphatic heterocycles. The van der Waals surface area contributed by atoms with Crippen LogP contribution in [0, 0.1) is 11.8 Å². The number of hydroxylamine groups is 2. The van der Waals surface area contributed by atoms with Crippen LogP contribution in [0.1, 0.15) is 71.3 Å². The van der Waals surface area contributed by atoms with Crippen molar-refractivity contribution in [2.45, 2.75) is 96.4 Å². The second-order valence-corrected chi connectivity index (χ2v) is 11.5. The second-order valence-electron chi connectivity index (χ2n) is 11.5. The van der Waals surface area contributed by atoms with E-state index in [1.165, 1.54) is 5.06 Å². The van der Waals surface area contributed by atoms with Crippen molar-refractivity contribution in [1.29, 1.82) is 0 Å². The van der Waals surface area contributed by atoms with E-state index in [-0.39, 0.29) is 42.0 Å². The molecule has 1 aromatic carbocycles. The topological polar surface area (TPSA) is 118 Å². The molecule has 41 heavy (non-hydrogen) atoms. The molecule has 0 aromatic heterocycles. The summed E-state index contributed by atoms with van der Waals surface area (Å²) in [6.45, 7) is 7.62. The van der Waals surface area contributed by atoms with Crippen LogP contribution in [0.15, 0.2) is 24.3 Å². The third kappa shape index (κ3) is 9.15. The van der Waals surface area contributed by atoms with E-state index in [0.717, 1.165) is 44.1 Å². The summed E-state index contributed by atoms with van der Waals surface area (Å²) in [7, 11) is 3.22. The number of nitrogens with zero attached hydrogens (tertiary/aromatic N) is 2. The minimum absolute atomic E-state index is 0.0138. The van der Waals surface area contributed by atoms with E-state index >= 15 is 0 Å². The molecule has 0 radical (unpaired) electrons. The van der Waals surface area contributed by atoms with Gasteiger partial charge in [-0.3, -0.25) is 19.2 Å². The van der Waals surface area contributed by atoms with Crippen molar-refractivity contribution in [2.24, 2.45) is 11.8 Å². The van der Waals surface area contributed by atoms with E-state index in [0.29, 0.717) is 32.0 Å². The molecule has 2 heterocycles. The molecule has 0 saturated carbocycles. The molecule has 2 fully saturated rings. The molecule has 0 aliphatic carbocycles. The quantitative estimate of drug-likeness (QED) is 0.349. The molecule has 3 rings (SSSR count). The molecule has 10 heteroatoms. The van der Waals surface area contributed by atoms with E-state index < -0.39 is 18.1 Å². The van der Waals surface area contributed by atoms with Gasteiger partial charge in [0.1, 0.15) is 11.8 Å².